The van der Waals surface area contributed by atoms with Crippen LogP contribution in [0.3, 0.4) is 0 Å². The molecule has 1 aromatic heterocycles. The fourth-order valence-electron chi connectivity index (χ4n) is 3.42. The molecule has 7 nitrogen and oxygen atoms in total. The number of likely N-dealkylation sites (N-methyl/N-ethyl adjacent to an activating group) is 1. The number of carbonyl (C=O) groups excluding carboxylic acids is 1. The summed E-state index contributed by atoms with van der Waals surface area (Å²) in [7, 11) is 8.85. The van der Waals surface area contributed by atoms with Crippen molar-refractivity contribution in [2.45, 2.75) is 6.04 Å². The minimum Gasteiger partial charge on any atom is -0.497 e. The number of aryl methyl sites for hydroxylation is 1. The molecule has 2 aromatic carbocycles. The van der Waals surface area contributed by atoms with E-state index in [1.807, 2.05) is 61.5 Å². The topological polar surface area (TPSA) is 68.6 Å². The number of hydrogen-bond acceptors (Lipinski definition) is 5. The molecule has 3 rings (SSSR count). The van der Waals surface area contributed by atoms with Crippen LogP contribution in [0.2, 0.25) is 5.02 Å². The largest absolute Gasteiger partial charge is 0.497 e. The van der Waals surface area contributed by atoms with E-state index in [0.717, 1.165) is 11.1 Å². The molecule has 0 saturated carbocycles. The lowest BCUT2D eigenvalue weighted by atomic mass is 10.1. The van der Waals surface area contributed by atoms with Gasteiger partial charge in [-0.25, -0.2) is 0 Å². The van der Waals surface area contributed by atoms with Gasteiger partial charge in [0, 0.05) is 24.2 Å². The minimum atomic E-state index is -0.220. The molecule has 0 radical (unpaired) electrons. The normalized spacial score (nSPS) is 12.0. The third kappa shape index (κ3) is 5.00. The predicted octanol–water partition coefficient (Wildman–Crippen LogP) is 3.79. The Morgan fingerprint density at radius 3 is 2.55 bits per heavy atom. The second-order valence-corrected chi connectivity index (χ2v) is 7.72. The summed E-state index contributed by atoms with van der Waals surface area (Å²) in [6, 6.07) is 14.8. The Bertz CT molecular complexity index is 1060. The minimum absolute atomic E-state index is 0.0659. The first-order valence-corrected chi connectivity index (χ1v) is 10.2. The number of amides is 1. The summed E-state index contributed by atoms with van der Waals surface area (Å²) in [5.41, 5.74) is 2.77. The summed E-state index contributed by atoms with van der Waals surface area (Å²) < 4.78 is 12.3. The van der Waals surface area contributed by atoms with Crippen LogP contribution in [-0.4, -0.2) is 55.4 Å². The van der Waals surface area contributed by atoms with Crippen LogP contribution in [0.4, 0.5) is 0 Å². The molecular weight excluding hydrogens is 416 g/mol. The highest BCUT2D eigenvalue weighted by Crippen LogP contribution is 2.33. The van der Waals surface area contributed by atoms with Crippen molar-refractivity contribution in [3.05, 3.63) is 64.8 Å². The van der Waals surface area contributed by atoms with Crippen molar-refractivity contribution in [3.63, 3.8) is 0 Å². The summed E-state index contributed by atoms with van der Waals surface area (Å²) in [5.74, 6) is 1.11. The molecule has 1 heterocycles. The number of carbonyl (C=O) groups is 1. The zero-order valence-electron chi connectivity index (χ0n) is 18.3. The van der Waals surface area contributed by atoms with Crippen molar-refractivity contribution >= 4 is 17.5 Å². The van der Waals surface area contributed by atoms with Gasteiger partial charge in [-0.2, -0.15) is 5.10 Å². The maximum Gasteiger partial charge on any atom is 0.269 e. The summed E-state index contributed by atoms with van der Waals surface area (Å²) in [5, 5.41) is 8.19. The van der Waals surface area contributed by atoms with Gasteiger partial charge < -0.3 is 19.7 Å². The van der Waals surface area contributed by atoms with E-state index in [4.69, 9.17) is 21.1 Å². The average Bonchev–Trinajstić information content (AvgIpc) is 3.15. The molecule has 0 bridgehead atoms. The van der Waals surface area contributed by atoms with Crippen LogP contribution in [0.5, 0.6) is 11.5 Å². The monoisotopic (exact) mass is 442 g/mol. The van der Waals surface area contributed by atoms with E-state index in [1.54, 1.807) is 32.0 Å². The van der Waals surface area contributed by atoms with Gasteiger partial charge in [0.05, 0.1) is 26.0 Å². The average molecular weight is 443 g/mol. The molecule has 164 valence electrons. The van der Waals surface area contributed by atoms with Crippen LogP contribution in [0, 0.1) is 0 Å². The number of benzene rings is 2. The zero-order valence-corrected chi connectivity index (χ0v) is 19.1. The van der Waals surface area contributed by atoms with Gasteiger partial charge in [-0.15, -0.1) is 0 Å². The van der Waals surface area contributed by atoms with Gasteiger partial charge in [-0.05, 0) is 50.0 Å². The van der Waals surface area contributed by atoms with E-state index in [-0.39, 0.29) is 11.9 Å². The van der Waals surface area contributed by atoms with Crippen LogP contribution >= 0.6 is 11.6 Å². The lowest BCUT2D eigenvalue weighted by molar-refractivity contribution is 0.0932. The first-order valence-electron chi connectivity index (χ1n) is 9.81. The fraction of sp³-hybridized carbons (Fsp3) is 0.304. The number of hydrogen-bond donors (Lipinski definition) is 1. The van der Waals surface area contributed by atoms with Gasteiger partial charge in [0.25, 0.3) is 5.91 Å². The first-order chi connectivity index (χ1) is 14.8. The first kappa shape index (κ1) is 22.7. The Labute approximate surface area is 187 Å². The quantitative estimate of drug-likeness (QED) is 0.574. The van der Waals surface area contributed by atoms with Crippen molar-refractivity contribution < 1.29 is 14.3 Å². The summed E-state index contributed by atoms with van der Waals surface area (Å²) >= 11 is 6.37. The summed E-state index contributed by atoms with van der Waals surface area (Å²) in [6.07, 6.45) is 0. The molecule has 0 fully saturated rings. The van der Waals surface area contributed by atoms with Crippen molar-refractivity contribution in [1.29, 1.82) is 0 Å². The number of rotatable bonds is 8. The number of nitrogens with one attached hydrogen (secondary N) is 1. The molecule has 0 aliphatic carbocycles. The standard InChI is InChI=1S/C23H27ClN4O3/c1-27(2)21(16-8-6-7-9-18(16)24)14-25-23(29)20-13-19(26-28(20)3)17-12-15(30-4)10-11-22(17)31-5/h6-13,21H,14H2,1-5H3,(H,25,29)/t21-/m1/s1. The smallest absolute Gasteiger partial charge is 0.269 e. The Morgan fingerprint density at radius 1 is 1.16 bits per heavy atom. The zero-order chi connectivity index (χ0) is 22.5. The number of methoxy groups -OCH3 is 2. The number of aromatic nitrogens is 2. The molecular formula is C23H27ClN4O3. The van der Waals surface area contributed by atoms with Gasteiger partial charge >= 0.3 is 0 Å². The van der Waals surface area contributed by atoms with Crippen molar-refractivity contribution in [2.75, 3.05) is 34.9 Å². The van der Waals surface area contributed by atoms with Gasteiger partial charge in [0.15, 0.2) is 0 Å². The molecule has 0 saturated heterocycles. The third-order valence-electron chi connectivity index (χ3n) is 5.14. The Kier molecular flexibility index (Phi) is 7.20. The van der Waals surface area contributed by atoms with E-state index >= 15 is 0 Å². The maximum atomic E-state index is 13.0. The molecule has 31 heavy (non-hydrogen) atoms. The van der Waals surface area contributed by atoms with Gasteiger partial charge in [-0.1, -0.05) is 29.8 Å². The number of halogens is 1. The molecule has 1 amide bonds. The SMILES string of the molecule is COc1ccc(OC)c(-c2cc(C(=O)NC[C@H](c3ccccc3Cl)N(C)C)n(C)n2)c1. The number of nitrogens with zero attached hydrogens (tertiary/aromatic N) is 3. The Morgan fingerprint density at radius 2 is 1.90 bits per heavy atom. The molecule has 0 spiro atoms. The molecule has 1 N–H and O–H groups in total. The molecule has 1 atom stereocenters. The van der Waals surface area contributed by atoms with Crippen molar-refractivity contribution in [2.24, 2.45) is 7.05 Å². The van der Waals surface area contributed by atoms with E-state index in [9.17, 15) is 4.79 Å². The van der Waals surface area contributed by atoms with E-state index in [0.29, 0.717) is 34.5 Å². The van der Waals surface area contributed by atoms with Crippen molar-refractivity contribution in [3.8, 4) is 22.8 Å². The van der Waals surface area contributed by atoms with Crippen LogP contribution in [-0.2, 0) is 7.05 Å². The van der Waals surface area contributed by atoms with Crippen molar-refractivity contribution in [1.82, 2.24) is 20.0 Å². The second-order valence-electron chi connectivity index (χ2n) is 7.32. The predicted molar refractivity (Wildman–Crippen MR) is 122 cm³/mol. The highest BCUT2D eigenvalue weighted by molar-refractivity contribution is 6.31. The summed E-state index contributed by atoms with van der Waals surface area (Å²) in [4.78, 5) is 15.0. The molecule has 3 aromatic rings. The highest BCUT2D eigenvalue weighted by atomic mass is 35.5. The molecule has 0 unspecified atom stereocenters. The Hall–Kier alpha value is -3.03. The third-order valence-corrected chi connectivity index (χ3v) is 5.48. The molecule has 0 aliphatic rings. The second kappa shape index (κ2) is 9.85. The fourth-order valence-corrected chi connectivity index (χ4v) is 3.68. The lowest BCUT2D eigenvalue weighted by Crippen LogP contribution is -2.35. The van der Waals surface area contributed by atoms with Gasteiger partial charge in [0.1, 0.15) is 17.2 Å². The lowest BCUT2D eigenvalue weighted by Gasteiger charge is -2.26. The molecule has 0 aliphatic heterocycles. The van der Waals surface area contributed by atoms with Crippen LogP contribution in [0.15, 0.2) is 48.5 Å². The highest BCUT2D eigenvalue weighted by Gasteiger charge is 2.21. The van der Waals surface area contributed by atoms with E-state index in [2.05, 4.69) is 10.4 Å². The maximum absolute atomic E-state index is 13.0. The Balaban J connectivity index is 1.82. The van der Waals surface area contributed by atoms with Crippen LogP contribution in [0.1, 0.15) is 22.1 Å². The number of ether oxygens (including phenoxy) is 2. The summed E-state index contributed by atoms with van der Waals surface area (Å²) in [6.45, 7) is 0.401. The van der Waals surface area contributed by atoms with Gasteiger partial charge in [0.2, 0.25) is 0 Å². The van der Waals surface area contributed by atoms with E-state index in [1.165, 1.54) is 0 Å². The van der Waals surface area contributed by atoms with Crippen LogP contribution in [0.25, 0.3) is 11.3 Å². The van der Waals surface area contributed by atoms with E-state index < -0.39 is 0 Å². The molecule has 8 heteroatoms. The van der Waals surface area contributed by atoms with Gasteiger partial charge in [-0.3, -0.25) is 9.48 Å². The van der Waals surface area contributed by atoms with Crippen LogP contribution < -0.4 is 14.8 Å².